The van der Waals surface area contributed by atoms with E-state index in [9.17, 15) is 4.79 Å². The largest absolute Gasteiger partial charge is 0.355 e. The van der Waals surface area contributed by atoms with Crippen molar-refractivity contribution in [2.45, 2.75) is 42.3 Å². The van der Waals surface area contributed by atoms with Gasteiger partial charge in [0.25, 0.3) is 0 Å². The van der Waals surface area contributed by atoms with Crippen molar-refractivity contribution in [3.8, 4) is 0 Å². The molecule has 0 aliphatic heterocycles. The fraction of sp³-hybridized carbons (Fsp3) is 0.471. The smallest absolute Gasteiger partial charge is 0.230 e. The fourth-order valence-electron chi connectivity index (χ4n) is 2.42. The van der Waals surface area contributed by atoms with Crippen molar-refractivity contribution in [3.05, 3.63) is 35.1 Å². The van der Waals surface area contributed by atoms with Crippen LogP contribution in [0.3, 0.4) is 0 Å². The molecule has 1 aliphatic carbocycles. The number of amides is 1. The van der Waals surface area contributed by atoms with Crippen molar-refractivity contribution < 1.29 is 4.79 Å². The quantitative estimate of drug-likeness (QED) is 0.515. The minimum absolute atomic E-state index is 0.0281. The molecule has 1 saturated carbocycles. The van der Waals surface area contributed by atoms with E-state index in [-0.39, 0.29) is 5.91 Å². The SMILES string of the molecule is CCn1c(SCC(=O)NCCSc2ccc(Cl)cc2)nnc1C1CC1. The molecule has 0 spiro atoms. The molecule has 0 radical (unpaired) electrons. The zero-order valence-corrected chi connectivity index (χ0v) is 16.5. The van der Waals surface area contributed by atoms with Gasteiger partial charge < -0.3 is 9.88 Å². The molecule has 1 aromatic heterocycles. The second-order valence-electron chi connectivity index (χ2n) is 5.80. The van der Waals surface area contributed by atoms with Crippen LogP contribution in [0.4, 0.5) is 0 Å². The van der Waals surface area contributed by atoms with Crippen LogP contribution < -0.4 is 5.32 Å². The molecule has 0 unspecified atom stereocenters. The van der Waals surface area contributed by atoms with E-state index in [1.54, 1.807) is 11.8 Å². The maximum absolute atomic E-state index is 12.0. The van der Waals surface area contributed by atoms with Crippen molar-refractivity contribution in [2.24, 2.45) is 0 Å². The van der Waals surface area contributed by atoms with Crippen molar-refractivity contribution in [1.29, 1.82) is 0 Å². The highest BCUT2D eigenvalue weighted by atomic mass is 35.5. The van der Waals surface area contributed by atoms with Gasteiger partial charge in [-0.3, -0.25) is 4.79 Å². The Balaban J connectivity index is 1.37. The molecule has 8 heteroatoms. The van der Waals surface area contributed by atoms with Crippen LogP contribution >= 0.6 is 35.1 Å². The van der Waals surface area contributed by atoms with Gasteiger partial charge >= 0.3 is 0 Å². The van der Waals surface area contributed by atoms with Gasteiger partial charge in [-0.15, -0.1) is 22.0 Å². The monoisotopic (exact) mass is 396 g/mol. The summed E-state index contributed by atoms with van der Waals surface area (Å²) in [5.41, 5.74) is 0. The predicted octanol–water partition coefficient (Wildman–Crippen LogP) is 3.83. The number of hydrogen-bond donors (Lipinski definition) is 1. The summed E-state index contributed by atoms with van der Waals surface area (Å²) in [6, 6.07) is 7.72. The van der Waals surface area contributed by atoms with Gasteiger partial charge in [0.05, 0.1) is 5.75 Å². The lowest BCUT2D eigenvalue weighted by molar-refractivity contribution is -0.118. The fourth-order valence-corrected chi connectivity index (χ4v) is 4.15. The summed E-state index contributed by atoms with van der Waals surface area (Å²) < 4.78 is 2.13. The van der Waals surface area contributed by atoms with E-state index in [2.05, 4.69) is 27.0 Å². The van der Waals surface area contributed by atoms with Gasteiger partial charge in [-0.1, -0.05) is 23.4 Å². The van der Waals surface area contributed by atoms with E-state index in [0.717, 1.165) is 33.2 Å². The molecule has 2 aromatic rings. The van der Waals surface area contributed by atoms with E-state index >= 15 is 0 Å². The first-order valence-corrected chi connectivity index (χ1v) is 10.7. The van der Waals surface area contributed by atoms with Gasteiger partial charge in [0.15, 0.2) is 5.16 Å². The summed E-state index contributed by atoms with van der Waals surface area (Å²) in [6.07, 6.45) is 2.41. The van der Waals surface area contributed by atoms with Crippen LogP contribution in [0.5, 0.6) is 0 Å². The highest BCUT2D eigenvalue weighted by Crippen LogP contribution is 2.39. The van der Waals surface area contributed by atoms with Crippen LogP contribution in [-0.4, -0.2) is 38.7 Å². The summed E-state index contributed by atoms with van der Waals surface area (Å²) in [6.45, 7) is 3.58. The van der Waals surface area contributed by atoms with Gasteiger partial charge in [0, 0.05) is 34.7 Å². The van der Waals surface area contributed by atoms with E-state index in [4.69, 9.17) is 11.6 Å². The molecule has 25 heavy (non-hydrogen) atoms. The average molecular weight is 397 g/mol. The van der Waals surface area contributed by atoms with Crippen LogP contribution in [0.15, 0.2) is 34.3 Å². The van der Waals surface area contributed by atoms with Crippen LogP contribution in [0.25, 0.3) is 0 Å². The lowest BCUT2D eigenvalue weighted by Crippen LogP contribution is -2.27. The first kappa shape index (κ1) is 18.6. The molecule has 1 aliphatic rings. The average Bonchev–Trinajstić information content (AvgIpc) is 3.38. The number of carbonyl (C=O) groups excluding carboxylic acids is 1. The third-order valence-electron chi connectivity index (χ3n) is 3.84. The van der Waals surface area contributed by atoms with Crippen molar-refractivity contribution >= 4 is 41.0 Å². The molecule has 1 aromatic carbocycles. The molecule has 0 saturated heterocycles. The Bertz CT molecular complexity index is 716. The second-order valence-corrected chi connectivity index (χ2v) is 8.35. The molecule has 0 atom stereocenters. The second kappa shape index (κ2) is 8.96. The topological polar surface area (TPSA) is 59.8 Å². The summed E-state index contributed by atoms with van der Waals surface area (Å²) >= 11 is 9.02. The first-order chi connectivity index (χ1) is 12.2. The van der Waals surface area contributed by atoms with E-state index < -0.39 is 0 Å². The Morgan fingerprint density at radius 1 is 1.28 bits per heavy atom. The van der Waals surface area contributed by atoms with Crippen molar-refractivity contribution in [1.82, 2.24) is 20.1 Å². The number of benzene rings is 1. The maximum atomic E-state index is 12.0. The van der Waals surface area contributed by atoms with Gasteiger partial charge in [-0.25, -0.2) is 0 Å². The molecule has 5 nitrogen and oxygen atoms in total. The lowest BCUT2D eigenvalue weighted by atomic mass is 10.4. The van der Waals surface area contributed by atoms with Crippen LogP contribution in [0.1, 0.15) is 31.5 Å². The van der Waals surface area contributed by atoms with E-state index in [1.165, 1.54) is 24.6 Å². The summed E-state index contributed by atoms with van der Waals surface area (Å²) in [7, 11) is 0. The van der Waals surface area contributed by atoms with Crippen LogP contribution in [0, 0.1) is 0 Å². The molecule has 134 valence electrons. The molecule has 1 amide bonds. The van der Waals surface area contributed by atoms with Gasteiger partial charge in [0.1, 0.15) is 5.82 Å². The number of halogens is 1. The zero-order chi connectivity index (χ0) is 17.6. The first-order valence-electron chi connectivity index (χ1n) is 8.38. The molecule has 0 bridgehead atoms. The number of rotatable bonds is 9. The molecular weight excluding hydrogens is 376 g/mol. The third kappa shape index (κ3) is 5.39. The minimum Gasteiger partial charge on any atom is -0.355 e. The Hall–Kier alpha value is -1.18. The zero-order valence-electron chi connectivity index (χ0n) is 14.1. The number of carbonyl (C=O) groups is 1. The van der Waals surface area contributed by atoms with Crippen molar-refractivity contribution in [3.63, 3.8) is 0 Å². The van der Waals surface area contributed by atoms with Crippen LogP contribution in [0.2, 0.25) is 5.02 Å². The van der Waals surface area contributed by atoms with E-state index in [1.807, 2.05) is 24.3 Å². The Morgan fingerprint density at radius 3 is 2.72 bits per heavy atom. The molecule has 3 rings (SSSR count). The Kier molecular flexibility index (Phi) is 6.67. The molecular formula is C17H21ClN4OS2. The standard InChI is InChI=1S/C17H21ClN4OS2/c1-2-22-16(12-3-4-12)20-21-17(22)25-11-15(23)19-9-10-24-14-7-5-13(18)6-8-14/h5-8,12H,2-4,9-11H2,1H3,(H,19,23). The van der Waals surface area contributed by atoms with Crippen LogP contribution in [-0.2, 0) is 11.3 Å². The predicted molar refractivity (Wildman–Crippen MR) is 104 cm³/mol. The number of aromatic nitrogens is 3. The number of nitrogens with one attached hydrogen (secondary N) is 1. The molecule has 1 heterocycles. The Morgan fingerprint density at radius 2 is 2.04 bits per heavy atom. The summed E-state index contributed by atoms with van der Waals surface area (Å²) in [5.74, 6) is 2.87. The Labute approximate surface area is 161 Å². The number of nitrogens with zero attached hydrogens (tertiary/aromatic N) is 3. The highest BCUT2D eigenvalue weighted by Gasteiger charge is 2.30. The number of thioether (sulfide) groups is 2. The van der Waals surface area contributed by atoms with E-state index in [0.29, 0.717) is 18.2 Å². The minimum atomic E-state index is 0.0281. The lowest BCUT2D eigenvalue weighted by Gasteiger charge is -2.07. The molecule has 1 N–H and O–H groups in total. The highest BCUT2D eigenvalue weighted by molar-refractivity contribution is 7.99. The third-order valence-corrected chi connectivity index (χ3v) is 6.08. The summed E-state index contributed by atoms with van der Waals surface area (Å²) in [5, 5.41) is 13.1. The van der Waals surface area contributed by atoms with Gasteiger partial charge in [0.2, 0.25) is 5.91 Å². The van der Waals surface area contributed by atoms with Crippen molar-refractivity contribution in [2.75, 3.05) is 18.1 Å². The maximum Gasteiger partial charge on any atom is 0.230 e. The summed E-state index contributed by atoms with van der Waals surface area (Å²) in [4.78, 5) is 13.2. The van der Waals surface area contributed by atoms with Gasteiger partial charge in [-0.2, -0.15) is 0 Å². The number of hydrogen-bond acceptors (Lipinski definition) is 5. The normalized spacial score (nSPS) is 13.8. The molecule has 1 fully saturated rings. The van der Waals surface area contributed by atoms with Gasteiger partial charge in [-0.05, 0) is 44.0 Å².